The minimum Gasteiger partial charge on any atom is -0.485 e. The lowest BCUT2D eigenvalue weighted by atomic mass is 10.2. The number of benzene rings is 2. The van der Waals surface area contributed by atoms with E-state index in [0.29, 0.717) is 11.9 Å². The van der Waals surface area contributed by atoms with Crippen LogP contribution in [0.2, 0.25) is 0 Å². The quantitative estimate of drug-likeness (QED) is 0.659. The van der Waals surface area contributed by atoms with Crippen molar-refractivity contribution in [1.82, 2.24) is 14.8 Å². The van der Waals surface area contributed by atoms with Gasteiger partial charge in [0.15, 0.2) is 28.6 Å². The standard InChI is InChI=1S/C19H19N3O2S/c1-13(14-8-4-3-5-9-14)25-19-21-20-18(22(19)2)17-12-23-15-10-6-7-11-16(15)24-17/h3-11,13,17H,12H2,1-2H3. The van der Waals surface area contributed by atoms with E-state index in [4.69, 9.17) is 9.47 Å². The highest BCUT2D eigenvalue weighted by atomic mass is 32.2. The molecular formula is C19H19N3O2S. The van der Waals surface area contributed by atoms with Crippen LogP contribution in [0.5, 0.6) is 11.5 Å². The third-order valence-corrected chi connectivity index (χ3v) is 5.41. The lowest BCUT2D eigenvalue weighted by molar-refractivity contribution is 0.0825. The molecule has 1 aromatic heterocycles. The first-order chi connectivity index (χ1) is 12.2. The Hall–Kier alpha value is -2.47. The molecule has 0 N–H and O–H groups in total. The van der Waals surface area contributed by atoms with Crippen molar-refractivity contribution in [3.8, 4) is 11.5 Å². The van der Waals surface area contributed by atoms with Crippen LogP contribution in [-0.4, -0.2) is 21.4 Å². The van der Waals surface area contributed by atoms with Crippen molar-refractivity contribution in [3.05, 3.63) is 66.0 Å². The van der Waals surface area contributed by atoms with Gasteiger partial charge < -0.3 is 14.0 Å². The minimum atomic E-state index is -0.256. The van der Waals surface area contributed by atoms with Gasteiger partial charge in [-0.05, 0) is 24.6 Å². The van der Waals surface area contributed by atoms with Crippen molar-refractivity contribution in [2.24, 2.45) is 7.05 Å². The Morgan fingerprint density at radius 1 is 1.04 bits per heavy atom. The van der Waals surface area contributed by atoms with Crippen LogP contribution in [0.3, 0.4) is 0 Å². The van der Waals surface area contributed by atoms with Gasteiger partial charge >= 0.3 is 0 Å². The van der Waals surface area contributed by atoms with Gasteiger partial charge in [0, 0.05) is 12.3 Å². The summed E-state index contributed by atoms with van der Waals surface area (Å²) >= 11 is 1.69. The minimum absolute atomic E-state index is 0.256. The van der Waals surface area contributed by atoms with Crippen molar-refractivity contribution < 1.29 is 9.47 Å². The van der Waals surface area contributed by atoms with Gasteiger partial charge in [-0.3, -0.25) is 0 Å². The number of hydrogen-bond donors (Lipinski definition) is 0. The highest BCUT2D eigenvalue weighted by Crippen LogP contribution is 2.37. The second kappa shape index (κ2) is 6.80. The molecule has 25 heavy (non-hydrogen) atoms. The molecule has 6 heteroatoms. The number of thioether (sulfide) groups is 1. The van der Waals surface area contributed by atoms with Crippen molar-refractivity contribution in [3.63, 3.8) is 0 Å². The zero-order chi connectivity index (χ0) is 17.2. The van der Waals surface area contributed by atoms with E-state index < -0.39 is 0 Å². The number of nitrogens with zero attached hydrogens (tertiary/aromatic N) is 3. The predicted octanol–water partition coefficient (Wildman–Crippen LogP) is 4.18. The maximum Gasteiger partial charge on any atom is 0.192 e. The maximum absolute atomic E-state index is 6.04. The molecule has 0 saturated carbocycles. The predicted molar refractivity (Wildman–Crippen MR) is 97.0 cm³/mol. The number of hydrogen-bond acceptors (Lipinski definition) is 5. The molecule has 0 spiro atoms. The van der Waals surface area contributed by atoms with E-state index in [1.54, 1.807) is 11.8 Å². The molecular weight excluding hydrogens is 334 g/mol. The molecule has 5 nitrogen and oxygen atoms in total. The maximum atomic E-state index is 6.04. The highest BCUT2D eigenvalue weighted by Gasteiger charge is 2.27. The summed E-state index contributed by atoms with van der Waals surface area (Å²) in [4.78, 5) is 0. The van der Waals surface area contributed by atoms with E-state index >= 15 is 0 Å². The van der Waals surface area contributed by atoms with Gasteiger partial charge in [0.05, 0.1) is 0 Å². The van der Waals surface area contributed by atoms with Crippen LogP contribution in [0.25, 0.3) is 0 Å². The molecule has 0 bridgehead atoms. The van der Waals surface area contributed by atoms with E-state index in [9.17, 15) is 0 Å². The summed E-state index contributed by atoms with van der Waals surface area (Å²) in [5.41, 5.74) is 1.27. The molecule has 3 aromatic rings. The van der Waals surface area contributed by atoms with Gasteiger partial charge in [0.2, 0.25) is 0 Å². The summed E-state index contributed by atoms with van der Waals surface area (Å²) in [6.45, 7) is 2.60. The largest absolute Gasteiger partial charge is 0.485 e. The Bertz CT molecular complexity index is 866. The fourth-order valence-corrected chi connectivity index (χ4v) is 3.76. The smallest absolute Gasteiger partial charge is 0.192 e. The summed E-state index contributed by atoms with van der Waals surface area (Å²) in [5.74, 6) is 2.29. The fourth-order valence-electron chi connectivity index (χ4n) is 2.81. The molecule has 2 unspecified atom stereocenters. The summed E-state index contributed by atoms with van der Waals surface area (Å²) in [7, 11) is 1.97. The van der Waals surface area contributed by atoms with Crippen LogP contribution in [-0.2, 0) is 7.05 Å². The molecule has 0 radical (unpaired) electrons. The monoisotopic (exact) mass is 353 g/mol. The molecule has 2 aromatic carbocycles. The van der Waals surface area contributed by atoms with Gasteiger partial charge in [0.1, 0.15) is 6.61 Å². The lowest BCUT2D eigenvalue weighted by Crippen LogP contribution is -2.24. The summed E-state index contributed by atoms with van der Waals surface area (Å²) < 4.78 is 13.8. The van der Waals surface area contributed by atoms with E-state index in [1.165, 1.54) is 5.56 Å². The molecule has 2 heterocycles. The Morgan fingerprint density at radius 2 is 1.76 bits per heavy atom. The van der Waals surface area contributed by atoms with Crippen molar-refractivity contribution in [2.75, 3.05) is 6.61 Å². The van der Waals surface area contributed by atoms with Gasteiger partial charge in [-0.15, -0.1) is 10.2 Å². The summed E-state index contributed by atoms with van der Waals surface area (Å²) in [6, 6.07) is 18.1. The van der Waals surface area contributed by atoms with Crippen LogP contribution in [0.1, 0.15) is 29.7 Å². The van der Waals surface area contributed by atoms with Crippen LogP contribution < -0.4 is 9.47 Å². The summed E-state index contributed by atoms with van der Waals surface area (Å²) in [6.07, 6.45) is -0.256. The molecule has 0 fully saturated rings. The Kier molecular flexibility index (Phi) is 4.36. The molecule has 0 aliphatic carbocycles. The topological polar surface area (TPSA) is 49.2 Å². The van der Waals surface area contributed by atoms with Crippen LogP contribution in [0.15, 0.2) is 59.8 Å². The van der Waals surface area contributed by atoms with Gasteiger partial charge in [-0.1, -0.05) is 54.2 Å². The first-order valence-electron chi connectivity index (χ1n) is 8.22. The first kappa shape index (κ1) is 16.0. The number of rotatable bonds is 4. The second-order valence-corrected chi connectivity index (χ2v) is 7.24. The van der Waals surface area contributed by atoms with Crippen molar-refractivity contribution in [2.45, 2.75) is 23.4 Å². The Morgan fingerprint density at radius 3 is 2.56 bits per heavy atom. The third kappa shape index (κ3) is 3.22. The summed E-state index contributed by atoms with van der Waals surface area (Å²) in [5, 5.41) is 9.86. The average molecular weight is 353 g/mol. The molecule has 2 atom stereocenters. The lowest BCUT2D eigenvalue weighted by Gasteiger charge is -2.25. The van der Waals surface area contributed by atoms with E-state index in [2.05, 4.69) is 41.4 Å². The SMILES string of the molecule is CC(Sc1nnc(C2COc3ccccc3O2)n1C)c1ccccc1. The van der Waals surface area contributed by atoms with Crippen LogP contribution in [0.4, 0.5) is 0 Å². The van der Waals surface area contributed by atoms with Crippen molar-refractivity contribution in [1.29, 1.82) is 0 Å². The highest BCUT2D eigenvalue weighted by molar-refractivity contribution is 7.99. The number of ether oxygens (including phenoxy) is 2. The van der Waals surface area contributed by atoms with E-state index in [-0.39, 0.29) is 6.10 Å². The third-order valence-electron chi connectivity index (χ3n) is 4.22. The Labute approximate surface area is 151 Å². The second-order valence-electron chi connectivity index (χ2n) is 5.93. The zero-order valence-electron chi connectivity index (χ0n) is 14.1. The van der Waals surface area contributed by atoms with E-state index in [1.807, 2.05) is 41.9 Å². The number of fused-ring (bicyclic) bond motifs is 1. The van der Waals surface area contributed by atoms with Gasteiger partial charge in [-0.2, -0.15) is 0 Å². The van der Waals surface area contributed by atoms with E-state index in [0.717, 1.165) is 22.5 Å². The molecule has 4 rings (SSSR count). The Balaban J connectivity index is 1.52. The van der Waals surface area contributed by atoms with Crippen LogP contribution >= 0.6 is 11.8 Å². The average Bonchev–Trinajstić information content (AvgIpc) is 3.02. The first-order valence-corrected chi connectivity index (χ1v) is 9.09. The number of aromatic nitrogens is 3. The molecule has 0 saturated heterocycles. The number of para-hydroxylation sites is 2. The molecule has 0 amide bonds. The van der Waals surface area contributed by atoms with Gasteiger partial charge in [-0.25, -0.2) is 0 Å². The van der Waals surface area contributed by atoms with Gasteiger partial charge in [0.25, 0.3) is 0 Å². The fraction of sp³-hybridized carbons (Fsp3) is 0.263. The normalized spacial score (nSPS) is 17.3. The molecule has 128 valence electrons. The zero-order valence-corrected chi connectivity index (χ0v) is 14.9. The van der Waals surface area contributed by atoms with Crippen molar-refractivity contribution >= 4 is 11.8 Å². The van der Waals surface area contributed by atoms with Crippen LogP contribution in [0, 0.1) is 0 Å². The molecule has 1 aliphatic heterocycles. The molecule has 1 aliphatic rings.